The van der Waals surface area contributed by atoms with Gasteiger partial charge in [0.25, 0.3) is 0 Å². The van der Waals surface area contributed by atoms with Crippen molar-refractivity contribution in [3.63, 3.8) is 0 Å². The molecule has 0 aliphatic heterocycles. The monoisotopic (exact) mass is 249 g/mol. The molecule has 1 aliphatic carbocycles. The van der Waals surface area contributed by atoms with Crippen LogP contribution in [0.15, 0.2) is 18.2 Å². The summed E-state index contributed by atoms with van der Waals surface area (Å²) in [6.45, 7) is 4.21. The predicted molar refractivity (Wildman–Crippen MR) is 72.8 cm³/mol. The average Bonchev–Trinajstić information content (AvgIpc) is 2.87. The average molecular weight is 249 g/mol. The van der Waals surface area contributed by atoms with Gasteiger partial charge in [0.1, 0.15) is 5.75 Å². The van der Waals surface area contributed by atoms with E-state index in [4.69, 9.17) is 4.74 Å². The number of nitrogens with one attached hydrogen (secondary N) is 1. The van der Waals surface area contributed by atoms with E-state index in [0.717, 1.165) is 24.3 Å². The van der Waals surface area contributed by atoms with Crippen LogP contribution in [0.25, 0.3) is 0 Å². The molecule has 0 atom stereocenters. The van der Waals surface area contributed by atoms with Gasteiger partial charge in [0.05, 0.1) is 12.7 Å². The molecule has 100 valence electrons. The van der Waals surface area contributed by atoms with Crippen LogP contribution in [-0.4, -0.2) is 24.4 Å². The topological polar surface area (TPSA) is 41.5 Å². The molecule has 0 unspecified atom stereocenters. The minimum absolute atomic E-state index is 0.404. The van der Waals surface area contributed by atoms with Gasteiger partial charge in [-0.1, -0.05) is 31.0 Å². The van der Waals surface area contributed by atoms with E-state index in [2.05, 4.69) is 5.32 Å². The van der Waals surface area contributed by atoms with E-state index in [-0.39, 0.29) is 0 Å². The van der Waals surface area contributed by atoms with Crippen molar-refractivity contribution in [1.82, 2.24) is 5.32 Å². The molecule has 3 heteroatoms. The highest BCUT2D eigenvalue weighted by Crippen LogP contribution is 2.21. The Hall–Kier alpha value is -1.06. The van der Waals surface area contributed by atoms with Crippen LogP contribution >= 0.6 is 0 Å². The first-order valence-corrected chi connectivity index (χ1v) is 6.87. The number of benzene rings is 1. The van der Waals surface area contributed by atoms with Gasteiger partial charge in [-0.3, -0.25) is 0 Å². The summed E-state index contributed by atoms with van der Waals surface area (Å²) in [5, 5.41) is 13.2. The molecule has 18 heavy (non-hydrogen) atoms. The van der Waals surface area contributed by atoms with E-state index in [1.165, 1.54) is 25.7 Å². The van der Waals surface area contributed by atoms with Gasteiger partial charge < -0.3 is 15.2 Å². The molecule has 1 saturated carbocycles. The molecule has 2 N–H and O–H groups in total. The Labute approximate surface area is 109 Å². The van der Waals surface area contributed by atoms with Crippen LogP contribution < -0.4 is 5.32 Å². The Morgan fingerprint density at radius 2 is 2.11 bits per heavy atom. The number of para-hydroxylation sites is 1. The summed E-state index contributed by atoms with van der Waals surface area (Å²) in [4.78, 5) is 0. The predicted octanol–water partition coefficient (Wildman–Crippen LogP) is 2.75. The lowest BCUT2D eigenvalue weighted by molar-refractivity contribution is 0.0602. The van der Waals surface area contributed by atoms with Crippen molar-refractivity contribution in [2.45, 2.75) is 45.3 Å². The van der Waals surface area contributed by atoms with Gasteiger partial charge >= 0.3 is 0 Å². The zero-order valence-electron chi connectivity index (χ0n) is 11.1. The van der Waals surface area contributed by atoms with E-state index in [0.29, 0.717) is 18.4 Å². The highest BCUT2D eigenvalue weighted by Gasteiger charge is 2.14. The summed E-state index contributed by atoms with van der Waals surface area (Å²) in [6.07, 6.45) is 5.56. The van der Waals surface area contributed by atoms with Crippen LogP contribution in [-0.2, 0) is 11.3 Å². The maximum absolute atomic E-state index is 9.86. The van der Waals surface area contributed by atoms with Crippen molar-refractivity contribution in [3.8, 4) is 5.75 Å². The molecule has 0 aromatic heterocycles. The molecule has 3 nitrogen and oxygen atoms in total. The minimum atomic E-state index is 0.404. The van der Waals surface area contributed by atoms with Crippen LogP contribution in [0.4, 0.5) is 0 Å². The third-order valence-electron chi connectivity index (χ3n) is 3.57. The summed E-state index contributed by atoms with van der Waals surface area (Å²) < 4.78 is 5.77. The fourth-order valence-corrected chi connectivity index (χ4v) is 2.44. The van der Waals surface area contributed by atoms with Crippen molar-refractivity contribution in [3.05, 3.63) is 29.3 Å². The highest BCUT2D eigenvalue weighted by atomic mass is 16.5. The molecule has 0 heterocycles. The summed E-state index contributed by atoms with van der Waals surface area (Å²) in [5.74, 6) is 0.404. The van der Waals surface area contributed by atoms with Gasteiger partial charge in [0, 0.05) is 18.7 Å². The number of hydrogen-bond donors (Lipinski definition) is 2. The highest BCUT2D eigenvalue weighted by molar-refractivity contribution is 5.39. The van der Waals surface area contributed by atoms with E-state index in [1.54, 1.807) is 0 Å². The molecular formula is C15H23NO2. The smallest absolute Gasteiger partial charge is 0.122 e. The summed E-state index contributed by atoms with van der Waals surface area (Å²) >= 11 is 0. The first-order chi connectivity index (χ1) is 8.77. The maximum Gasteiger partial charge on any atom is 0.122 e. The van der Waals surface area contributed by atoms with Gasteiger partial charge in [-0.15, -0.1) is 0 Å². The van der Waals surface area contributed by atoms with E-state index in [1.807, 2.05) is 25.1 Å². The van der Waals surface area contributed by atoms with Crippen LogP contribution in [0, 0.1) is 6.92 Å². The lowest BCUT2D eigenvalue weighted by Gasteiger charge is -2.12. The van der Waals surface area contributed by atoms with Crippen molar-refractivity contribution >= 4 is 0 Å². The number of rotatable bonds is 6. The molecule has 0 radical (unpaired) electrons. The fourth-order valence-electron chi connectivity index (χ4n) is 2.44. The number of phenols is 1. The third kappa shape index (κ3) is 3.72. The van der Waals surface area contributed by atoms with Gasteiger partial charge in [0.2, 0.25) is 0 Å². The number of phenolic OH excluding ortho intramolecular Hbond substituents is 1. The van der Waals surface area contributed by atoms with Gasteiger partial charge in [0.15, 0.2) is 0 Å². The Morgan fingerprint density at radius 1 is 1.33 bits per heavy atom. The Balaban J connectivity index is 1.64. The quantitative estimate of drug-likeness (QED) is 0.762. The summed E-state index contributed by atoms with van der Waals surface area (Å²) in [5.41, 5.74) is 1.88. The summed E-state index contributed by atoms with van der Waals surface area (Å²) in [7, 11) is 0. The van der Waals surface area contributed by atoms with Gasteiger partial charge in [-0.25, -0.2) is 0 Å². The van der Waals surface area contributed by atoms with Crippen LogP contribution in [0.3, 0.4) is 0 Å². The summed E-state index contributed by atoms with van der Waals surface area (Å²) in [6, 6.07) is 5.84. The Kier molecular flexibility index (Phi) is 5.02. The second-order valence-electron chi connectivity index (χ2n) is 5.04. The Bertz CT molecular complexity index is 373. The van der Waals surface area contributed by atoms with E-state index in [9.17, 15) is 5.11 Å². The SMILES string of the molecule is Cc1cccc(CNCCOC2CCCC2)c1O. The van der Waals surface area contributed by atoms with Crippen LogP contribution in [0.5, 0.6) is 5.75 Å². The number of hydrogen-bond acceptors (Lipinski definition) is 3. The molecule has 0 amide bonds. The largest absolute Gasteiger partial charge is 0.507 e. The van der Waals surface area contributed by atoms with Crippen molar-refractivity contribution < 1.29 is 9.84 Å². The molecule has 0 saturated heterocycles. The van der Waals surface area contributed by atoms with Crippen LogP contribution in [0.1, 0.15) is 36.8 Å². The molecule has 0 spiro atoms. The third-order valence-corrected chi connectivity index (χ3v) is 3.57. The maximum atomic E-state index is 9.86. The first-order valence-electron chi connectivity index (χ1n) is 6.87. The fraction of sp³-hybridized carbons (Fsp3) is 0.600. The first kappa shape index (κ1) is 13.4. The van der Waals surface area contributed by atoms with Crippen molar-refractivity contribution in [1.29, 1.82) is 0 Å². The minimum Gasteiger partial charge on any atom is -0.507 e. The molecule has 1 fully saturated rings. The van der Waals surface area contributed by atoms with Crippen molar-refractivity contribution in [2.24, 2.45) is 0 Å². The molecule has 1 aliphatic rings. The zero-order chi connectivity index (χ0) is 12.8. The van der Waals surface area contributed by atoms with Crippen LogP contribution in [0.2, 0.25) is 0 Å². The second-order valence-corrected chi connectivity index (χ2v) is 5.04. The van der Waals surface area contributed by atoms with E-state index >= 15 is 0 Å². The second kappa shape index (κ2) is 6.76. The molecule has 0 bridgehead atoms. The molecule has 1 aromatic carbocycles. The molecule has 2 rings (SSSR count). The standard InChI is InChI=1S/C15H23NO2/c1-12-5-4-6-13(15(12)17)11-16-9-10-18-14-7-2-3-8-14/h4-6,14,16-17H,2-3,7-11H2,1H3. The zero-order valence-corrected chi connectivity index (χ0v) is 11.1. The number of aromatic hydroxyl groups is 1. The Morgan fingerprint density at radius 3 is 2.89 bits per heavy atom. The van der Waals surface area contributed by atoms with E-state index < -0.39 is 0 Å². The normalized spacial score (nSPS) is 16.3. The van der Waals surface area contributed by atoms with Gasteiger partial charge in [-0.2, -0.15) is 0 Å². The molecular weight excluding hydrogens is 226 g/mol. The molecule has 1 aromatic rings. The number of aryl methyl sites for hydroxylation is 1. The van der Waals surface area contributed by atoms with Gasteiger partial charge in [-0.05, 0) is 25.3 Å². The lowest BCUT2D eigenvalue weighted by atomic mass is 10.1. The lowest BCUT2D eigenvalue weighted by Crippen LogP contribution is -2.22. The van der Waals surface area contributed by atoms with Crippen molar-refractivity contribution in [2.75, 3.05) is 13.2 Å². The number of ether oxygens (including phenoxy) is 1.